The second kappa shape index (κ2) is 8.88. The number of ether oxygens (including phenoxy) is 1. The number of esters is 1. The number of nitrogens with one attached hydrogen (secondary N) is 3. The molecule has 0 spiro atoms. The smallest absolute Gasteiger partial charge is 0.338 e. The number of hydrogen-bond donors (Lipinski definition) is 3. The van der Waals surface area contributed by atoms with Crippen LogP contribution in [-0.2, 0) is 19.9 Å². The SMILES string of the molecule is CCOC(=O)C1=C(CN2C(=O)N[C@@](C)(c3cccc4ccccc34)C2=O)NC(=O)N[C@H]1c1ccco1. The van der Waals surface area contributed by atoms with E-state index >= 15 is 0 Å². The fraction of sp³-hybridized carbons (Fsp3) is 0.231. The second-order valence-electron chi connectivity index (χ2n) is 8.63. The van der Waals surface area contributed by atoms with Crippen LogP contribution in [0, 0.1) is 0 Å². The summed E-state index contributed by atoms with van der Waals surface area (Å²) in [6, 6.07) is 14.2. The molecular weight excluding hydrogens is 464 g/mol. The molecule has 3 N–H and O–H groups in total. The summed E-state index contributed by atoms with van der Waals surface area (Å²) in [6.07, 6.45) is 1.42. The third kappa shape index (κ3) is 3.76. The topological polar surface area (TPSA) is 130 Å². The lowest BCUT2D eigenvalue weighted by Crippen LogP contribution is -2.49. The molecule has 2 atom stereocenters. The summed E-state index contributed by atoms with van der Waals surface area (Å²) in [5.41, 5.74) is -0.584. The molecule has 1 saturated heterocycles. The normalized spacial score (nSPS) is 21.9. The monoisotopic (exact) mass is 488 g/mol. The summed E-state index contributed by atoms with van der Waals surface area (Å²) in [4.78, 5) is 53.2. The van der Waals surface area contributed by atoms with Crippen LogP contribution in [0.3, 0.4) is 0 Å². The first kappa shape index (κ1) is 23.2. The highest BCUT2D eigenvalue weighted by Crippen LogP contribution is 2.35. The molecular formula is C26H24N4O6. The fourth-order valence-corrected chi connectivity index (χ4v) is 4.70. The zero-order valence-electron chi connectivity index (χ0n) is 19.7. The summed E-state index contributed by atoms with van der Waals surface area (Å²) in [5.74, 6) is -0.907. The van der Waals surface area contributed by atoms with Crippen molar-refractivity contribution >= 4 is 34.7 Å². The molecule has 5 amide bonds. The minimum atomic E-state index is -1.35. The number of furan rings is 1. The van der Waals surface area contributed by atoms with Crippen molar-refractivity contribution in [1.29, 1.82) is 0 Å². The Labute approximate surface area is 206 Å². The highest BCUT2D eigenvalue weighted by molar-refractivity contribution is 6.09. The van der Waals surface area contributed by atoms with Gasteiger partial charge in [-0.25, -0.2) is 14.4 Å². The van der Waals surface area contributed by atoms with Crippen molar-refractivity contribution in [3.05, 3.63) is 83.5 Å². The van der Waals surface area contributed by atoms with Gasteiger partial charge in [-0.1, -0.05) is 42.5 Å². The summed E-state index contributed by atoms with van der Waals surface area (Å²) in [6.45, 7) is 3.05. The Balaban J connectivity index is 1.54. The number of carbonyl (C=O) groups is 4. The second-order valence-corrected chi connectivity index (χ2v) is 8.63. The number of amides is 5. The van der Waals surface area contributed by atoms with Gasteiger partial charge in [-0.05, 0) is 42.3 Å². The first-order valence-electron chi connectivity index (χ1n) is 11.5. The number of carbonyl (C=O) groups excluding carboxylic acids is 4. The Morgan fingerprint density at radius 1 is 1.08 bits per heavy atom. The van der Waals surface area contributed by atoms with Gasteiger partial charge in [0.25, 0.3) is 5.91 Å². The number of hydrogen-bond acceptors (Lipinski definition) is 6. The van der Waals surface area contributed by atoms with Gasteiger partial charge >= 0.3 is 18.0 Å². The van der Waals surface area contributed by atoms with E-state index in [1.54, 1.807) is 32.0 Å². The van der Waals surface area contributed by atoms with Crippen LogP contribution >= 0.6 is 0 Å². The van der Waals surface area contributed by atoms with E-state index in [0.717, 1.165) is 15.7 Å². The van der Waals surface area contributed by atoms with Gasteiger partial charge in [-0.2, -0.15) is 0 Å². The first-order valence-corrected chi connectivity index (χ1v) is 11.5. The molecule has 10 heteroatoms. The van der Waals surface area contributed by atoms with Gasteiger partial charge in [-0.15, -0.1) is 0 Å². The molecule has 36 heavy (non-hydrogen) atoms. The Morgan fingerprint density at radius 3 is 2.61 bits per heavy atom. The molecule has 0 saturated carbocycles. The molecule has 10 nitrogen and oxygen atoms in total. The lowest BCUT2D eigenvalue weighted by Gasteiger charge is -2.29. The lowest BCUT2D eigenvalue weighted by molar-refractivity contribution is -0.139. The number of benzene rings is 2. The maximum atomic E-state index is 13.7. The van der Waals surface area contributed by atoms with E-state index in [9.17, 15) is 19.2 Å². The van der Waals surface area contributed by atoms with Crippen molar-refractivity contribution in [3.63, 3.8) is 0 Å². The maximum absolute atomic E-state index is 13.7. The van der Waals surface area contributed by atoms with E-state index in [0.29, 0.717) is 11.3 Å². The van der Waals surface area contributed by atoms with Crippen molar-refractivity contribution in [2.45, 2.75) is 25.4 Å². The van der Waals surface area contributed by atoms with E-state index in [2.05, 4.69) is 16.0 Å². The van der Waals surface area contributed by atoms with Crippen LogP contribution in [0.1, 0.15) is 31.2 Å². The lowest BCUT2D eigenvalue weighted by atomic mass is 9.87. The van der Waals surface area contributed by atoms with E-state index in [4.69, 9.17) is 9.15 Å². The van der Waals surface area contributed by atoms with Crippen molar-refractivity contribution in [1.82, 2.24) is 20.9 Å². The Bertz CT molecular complexity index is 1410. The first-order chi connectivity index (χ1) is 17.3. The van der Waals surface area contributed by atoms with Crippen LogP contribution in [0.4, 0.5) is 9.59 Å². The fourth-order valence-electron chi connectivity index (χ4n) is 4.70. The summed E-state index contributed by atoms with van der Waals surface area (Å²) < 4.78 is 10.6. The van der Waals surface area contributed by atoms with Crippen LogP contribution in [0.5, 0.6) is 0 Å². The summed E-state index contributed by atoms with van der Waals surface area (Å²) in [5, 5.41) is 9.77. The van der Waals surface area contributed by atoms with Gasteiger partial charge < -0.3 is 25.1 Å². The van der Waals surface area contributed by atoms with Gasteiger partial charge in [0.1, 0.15) is 17.3 Å². The zero-order chi connectivity index (χ0) is 25.4. The summed E-state index contributed by atoms with van der Waals surface area (Å²) >= 11 is 0. The quantitative estimate of drug-likeness (QED) is 0.361. The minimum Gasteiger partial charge on any atom is -0.467 e. The Hall–Kier alpha value is -4.60. The highest BCUT2D eigenvalue weighted by atomic mass is 16.5. The van der Waals surface area contributed by atoms with Gasteiger partial charge in [0.15, 0.2) is 0 Å². The van der Waals surface area contributed by atoms with E-state index in [1.165, 1.54) is 6.26 Å². The molecule has 2 aliphatic rings. The molecule has 3 aromatic rings. The molecule has 2 aromatic carbocycles. The van der Waals surface area contributed by atoms with Crippen molar-refractivity contribution < 1.29 is 28.3 Å². The molecule has 5 rings (SSSR count). The van der Waals surface area contributed by atoms with E-state index in [1.807, 2.05) is 36.4 Å². The largest absolute Gasteiger partial charge is 0.467 e. The van der Waals surface area contributed by atoms with Crippen LogP contribution in [0.25, 0.3) is 10.8 Å². The molecule has 2 aliphatic heterocycles. The average molecular weight is 489 g/mol. The van der Waals surface area contributed by atoms with Crippen LogP contribution < -0.4 is 16.0 Å². The predicted octanol–water partition coefficient (Wildman–Crippen LogP) is 3.07. The van der Waals surface area contributed by atoms with Gasteiger partial charge in [0.05, 0.1) is 30.7 Å². The van der Waals surface area contributed by atoms with Crippen molar-refractivity contribution in [2.24, 2.45) is 0 Å². The number of nitrogens with zero attached hydrogens (tertiary/aromatic N) is 1. The standard InChI is InChI=1S/C26H24N4O6/c1-3-35-22(31)20-18(27-24(33)28-21(20)19-12-7-13-36-19)14-30-23(32)26(2,29-25(30)34)17-11-6-9-15-8-4-5-10-16(15)17/h4-13,21H,3,14H2,1-2H3,(H,29,34)(H2,27,28,33)/t21-,26-/m0/s1. The van der Waals surface area contributed by atoms with Crippen LogP contribution in [0.15, 0.2) is 76.5 Å². The number of urea groups is 2. The predicted molar refractivity (Wildman–Crippen MR) is 128 cm³/mol. The Kier molecular flexibility index (Phi) is 5.71. The molecule has 184 valence electrons. The molecule has 0 aliphatic carbocycles. The van der Waals surface area contributed by atoms with Gasteiger partial charge in [0, 0.05) is 0 Å². The highest BCUT2D eigenvalue weighted by Gasteiger charge is 2.50. The van der Waals surface area contributed by atoms with Crippen LogP contribution in [-0.4, -0.2) is 42.0 Å². The Morgan fingerprint density at radius 2 is 1.86 bits per heavy atom. The minimum absolute atomic E-state index is 0.0470. The zero-order valence-corrected chi connectivity index (χ0v) is 19.7. The number of rotatable bonds is 6. The van der Waals surface area contributed by atoms with Gasteiger partial charge in [-0.3, -0.25) is 9.69 Å². The molecule has 0 unspecified atom stereocenters. The third-order valence-electron chi connectivity index (χ3n) is 6.40. The molecule has 3 heterocycles. The third-order valence-corrected chi connectivity index (χ3v) is 6.40. The molecule has 0 radical (unpaired) electrons. The van der Waals surface area contributed by atoms with Crippen molar-refractivity contribution in [3.8, 4) is 0 Å². The van der Waals surface area contributed by atoms with E-state index in [-0.39, 0.29) is 24.4 Å². The van der Waals surface area contributed by atoms with Gasteiger partial charge in [0.2, 0.25) is 0 Å². The average Bonchev–Trinajstić information content (AvgIpc) is 3.47. The van der Waals surface area contributed by atoms with Crippen molar-refractivity contribution in [2.75, 3.05) is 13.2 Å². The number of imide groups is 1. The van der Waals surface area contributed by atoms with Crippen LogP contribution in [0.2, 0.25) is 0 Å². The van der Waals surface area contributed by atoms with E-state index < -0.39 is 35.5 Å². The summed E-state index contributed by atoms with van der Waals surface area (Å²) in [7, 11) is 0. The number of fused-ring (bicyclic) bond motifs is 1. The maximum Gasteiger partial charge on any atom is 0.338 e. The molecule has 0 bridgehead atoms. The molecule has 1 aromatic heterocycles. The molecule has 1 fully saturated rings.